The molecule has 17 heavy (non-hydrogen) atoms. The van der Waals surface area contributed by atoms with Crippen molar-refractivity contribution in [3.05, 3.63) is 0 Å². The summed E-state index contributed by atoms with van der Waals surface area (Å²) in [5, 5.41) is 9.10. The summed E-state index contributed by atoms with van der Waals surface area (Å²) in [5.74, 6) is 0. The average Bonchev–Trinajstić information content (AvgIpc) is 2.73. The molecule has 2 atom stereocenters. The Morgan fingerprint density at radius 1 is 0.941 bits per heavy atom. The SMILES string of the molecule is CCCCCCCCCCC[C@@H]1OC[C@@H](O)O1. The molecule has 0 spiro atoms. The van der Waals surface area contributed by atoms with Gasteiger partial charge < -0.3 is 14.6 Å². The first-order chi connectivity index (χ1) is 8.33. The topological polar surface area (TPSA) is 38.7 Å². The number of unbranched alkanes of at least 4 members (excludes halogenated alkanes) is 8. The lowest BCUT2D eigenvalue weighted by Gasteiger charge is -2.08. The van der Waals surface area contributed by atoms with E-state index in [1.165, 1.54) is 51.4 Å². The normalized spacial score (nSPS) is 24.4. The summed E-state index contributed by atoms with van der Waals surface area (Å²) in [6, 6.07) is 0. The maximum Gasteiger partial charge on any atom is 0.181 e. The van der Waals surface area contributed by atoms with E-state index < -0.39 is 6.29 Å². The Bertz CT molecular complexity index is 173. The molecule has 102 valence electrons. The first-order valence-corrected chi connectivity index (χ1v) is 7.28. The molecule has 1 N–H and O–H groups in total. The van der Waals surface area contributed by atoms with E-state index in [-0.39, 0.29) is 6.29 Å². The minimum Gasteiger partial charge on any atom is -0.366 e. The van der Waals surface area contributed by atoms with E-state index in [1.807, 2.05) is 0 Å². The predicted molar refractivity (Wildman–Crippen MR) is 68.7 cm³/mol. The summed E-state index contributed by atoms with van der Waals surface area (Å²) in [7, 11) is 0. The van der Waals surface area contributed by atoms with Gasteiger partial charge in [0.25, 0.3) is 0 Å². The Labute approximate surface area is 105 Å². The van der Waals surface area contributed by atoms with E-state index in [2.05, 4.69) is 6.92 Å². The van der Waals surface area contributed by atoms with E-state index in [0.717, 1.165) is 12.8 Å². The van der Waals surface area contributed by atoms with Crippen LogP contribution in [-0.2, 0) is 9.47 Å². The average molecular weight is 244 g/mol. The van der Waals surface area contributed by atoms with Gasteiger partial charge in [-0.25, -0.2) is 0 Å². The van der Waals surface area contributed by atoms with Gasteiger partial charge in [-0.15, -0.1) is 0 Å². The van der Waals surface area contributed by atoms with Gasteiger partial charge in [0.2, 0.25) is 0 Å². The van der Waals surface area contributed by atoms with Crippen molar-refractivity contribution in [1.29, 1.82) is 0 Å². The third-order valence-corrected chi connectivity index (χ3v) is 3.28. The zero-order valence-electron chi connectivity index (χ0n) is 11.2. The van der Waals surface area contributed by atoms with Gasteiger partial charge in [0, 0.05) is 0 Å². The highest BCUT2D eigenvalue weighted by atomic mass is 16.8. The molecular weight excluding hydrogens is 216 g/mol. The van der Waals surface area contributed by atoms with Crippen LogP contribution in [0.5, 0.6) is 0 Å². The smallest absolute Gasteiger partial charge is 0.181 e. The van der Waals surface area contributed by atoms with Crippen molar-refractivity contribution in [2.24, 2.45) is 0 Å². The Morgan fingerprint density at radius 3 is 2.06 bits per heavy atom. The number of rotatable bonds is 10. The monoisotopic (exact) mass is 244 g/mol. The lowest BCUT2D eigenvalue weighted by atomic mass is 10.1. The number of aliphatic hydroxyl groups excluding tert-OH is 1. The minimum atomic E-state index is -0.696. The number of aliphatic hydroxyl groups is 1. The molecule has 1 fully saturated rings. The van der Waals surface area contributed by atoms with E-state index in [4.69, 9.17) is 14.6 Å². The molecule has 0 unspecified atom stereocenters. The molecule has 1 aliphatic heterocycles. The van der Waals surface area contributed by atoms with E-state index >= 15 is 0 Å². The summed E-state index contributed by atoms with van der Waals surface area (Å²) in [6.07, 6.45) is 12.0. The molecule has 0 aromatic rings. The highest BCUT2D eigenvalue weighted by Crippen LogP contribution is 2.17. The second-order valence-electron chi connectivity index (χ2n) is 4.97. The molecule has 3 heteroatoms. The van der Waals surface area contributed by atoms with Crippen LogP contribution in [0.15, 0.2) is 0 Å². The van der Waals surface area contributed by atoms with Gasteiger partial charge in [-0.1, -0.05) is 58.3 Å². The van der Waals surface area contributed by atoms with Gasteiger partial charge in [0.15, 0.2) is 12.6 Å². The lowest BCUT2D eigenvalue weighted by molar-refractivity contribution is -0.117. The Hall–Kier alpha value is -0.120. The molecule has 0 bridgehead atoms. The van der Waals surface area contributed by atoms with Gasteiger partial charge in [0.05, 0.1) is 0 Å². The fourth-order valence-electron chi connectivity index (χ4n) is 2.22. The number of ether oxygens (including phenoxy) is 2. The minimum absolute atomic E-state index is 0.158. The number of hydrogen-bond acceptors (Lipinski definition) is 3. The van der Waals surface area contributed by atoms with Gasteiger partial charge in [-0.05, 0) is 12.8 Å². The zero-order valence-corrected chi connectivity index (χ0v) is 11.2. The molecule has 1 aliphatic rings. The first kappa shape index (κ1) is 14.9. The zero-order chi connectivity index (χ0) is 12.3. The van der Waals surface area contributed by atoms with Crippen LogP contribution in [0.2, 0.25) is 0 Å². The number of hydrogen-bond donors (Lipinski definition) is 1. The van der Waals surface area contributed by atoms with Gasteiger partial charge in [-0.3, -0.25) is 0 Å². The summed E-state index contributed by atoms with van der Waals surface area (Å²) < 4.78 is 10.4. The van der Waals surface area contributed by atoms with Crippen LogP contribution in [0, 0.1) is 0 Å². The summed E-state index contributed by atoms with van der Waals surface area (Å²) >= 11 is 0. The Morgan fingerprint density at radius 2 is 1.53 bits per heavy atom. The third-order valence-electron chi connectivity index (χ3n) is 3.28. The summed E-state index contributed by atoms with van der Waals surface area (Å²) in [6.45, 7) is 2.59. The van der Waals surface area contributed by atoms with Gasteiger partial charge in [-0.2, -0.15) is 0 Å². The molecule has 1 heterocycles. The Kier molecular flexibility index (Phi) is 8.67. The molecule has 3 nitrogen and oxygen atoms in total. The standard InChI is InChI=1S/C14H28O3/c1-2-3-4-5-6-7-8-9-10-11-14-16-12-13(15)17-14/h13-15H,2-12H2,1H3/t13-,14+/m0/s1. The van der Waals surface area contributed by atoms with Crippen LogP contribution < -0.4 is 0 Å². The maximum atomic E-state index is 9.10. The second kappa shape index (κ2) is 9.86. The van der Waals surface area contributed by atoms with Crippen LogP contribution >= 0.6 is 0 Å². The van der Waals surface area contributed by atoms with Gasteiger partial charge in [0.1, 0.15) is 6.61 Å². The van der Waals surface area contributed by atoms with Crippen LogP contribution in [0.1, 0.15) is 71.1 Å². The maximum absolute atomic E-state index is 9.10. The third kappa shape index (κ3) is 7.74. The Balaban J connectivity index is 1.75. The summed E-state index contributed by atoms with van der Waals surface area (Å²) in [4.78, 5) is 0. The van der Waals surface area contributed by atoms with E-state index in [1.54, 1.807) is 0 Å². The second-order valence-corrected chi connectivity index (χ2v) is 4.97. The van der Waals surface area contributed by atoms with Crippen LogP contribution in [-0.4, -0.2) is 24.3 Å². The molecule has 0 saturated carbocycles. The molecule has 0 aliphatic carbocycles. The van der Waals surface area contributed by atoms with Crippen molar-refractivity contribution < 1.29 is 14.6 Å². The van der Waals surface area contributed by atoms with Crippen LogP contribution in [0.4, 0.5) is 0 Å². The predicted octanol–water partition coefficient (Wildman–Crippen LogP) is 3.60. The molecule has 0 amide bonds. The van der Waals surface area contributed by atoms with E-state index in [0.29, 0.717) is 6.61 Å². The fourth-order valence-corrected chi connectivity index (χ4v) is 2.22. The molecule has 1 saturated heterocycles. The molecule has 0 aromatic heterocycles. The van der Waals surface area contributed by atoms with Crippen molar-refractivity contribution in [2.75, 3.05) is 6.61 Å². The molecule has 1 rings (SSSR count). The molecule has 0 aromatic carbocycles. The quantitative estimate of drug-likeness (QED) is 0.597. The summed E-state index contributed by atoms with van der Waals surface area (Å²) in [5.41, 5.74) is 0. The van der Waals surface area contributed by atoms with Crippen molar-refractivity contribution >= 4 is 0 Å². The van der Waals surface area contributed by atoms with Crippen LogP contribution in [0.3, 0.4) is 0 Å². The van der Waals surface area contributed by atoms with Crippen molar-refractivity contribution in [3.63, 3.8) is 0 Å². The van der Waals surface area contributed by atoms with E-state index in [9.17, 15) is 0 Å². The first-order valence-electron chi connectivity index (χ1n) is 7.28. The van der Waals surface area contributed by atoms with Crippen molar-refractivity contribution in [3.8, 4) is 0 Å². The fraction of sp³-hybridized carbons (Fsp3) is 1.00. The highest BCUT2D eigenvalue weighted by Gasteiger charge is 2.22. The largest absolute Gasteiger partial charge is 0.366 e. The molecular formula is C14H28O3. The van der Waals surface area contributed by atoms with Crippen molar-refractivity contribution in [1.82, 2.24) is 0 Å². The highest BCUT2D eigenvalue weighted by molar-refractivity contribution is 4.56. The van der Waals surface area contributed by atoms with Crippen LogP contribution in [0.25, 0.3) is 0 Å². The lowest BCUT2D eigenvalue weighted by Crippen LogP contribution is -2.10. The van der Waals surface area contributed by atoms with Crippen molar-refractivity contribution in [2.45, 2.75) is 83.7 Å². The molecule has 0 radical (unpaired) electrons. The van der Waals surface area contributed by atoms with Gasteiger partial charge >= 0.3 is 0 Å².